The van der Waals surface area contributed by atoms with Crippen LogP contribution in [0.15, 0.2) is 12.3 Å². The summed E-state index contributed by atoms with van der Waals surface area (Å²) >= 11 is 0. The second-order valence-corrected chi connectivity index (χ2v) is 4.69. The highest BCUT2D eigenvalue weighted by Gasteiger charge is 2.17. The lowest BCUT2D eigenvalue weighted by atomic mass is 10.1. The second kappa shape index (κ2) is 5.36. The van der Waals surface area contributed by atoms with Crippen molar-refractivity contribution in [1.29, 1.82) is 0 Å². The molecule has 94 valence electrons. The summed E-state index contributed by atoms with van der Waals surface area (Å²) in [6.07, 6.45) is 1.96. The Hall–Kier alpha value is -1.29. The van der Waals surface area contributed by atoms with E-state index in [1.165, 1.54) is 5.56 Å². The monoisotopic (exact) mass is 235 g/mol. The molecule has 0 unspecified atom stereocenters. The quantitative estimate of drug-likeness (QED) is 0.864. The first-order valence-corrected chi connectivity index (χ1v) is 6.22. The van der Waals surface area contributed by atoms with E-state index in [4.69, 9.17) is 4.74 Å². The first kappa shape index (κ1) is 12.2. The molecule has 1 aromatic heterocycles. The SMILES string of the molecule is COc1cc(C(C)C)cnc1N1CCNCC1. The van der Waals surface area contributed by atoms with Gasteiger partial charge in [0.2, 0.25) is 0 Å². The highest BCUT2D eigenvalue weighted by atomic mass is 16.5. The maximum Gasteiger partial charge on any atom is 0.171 e. The second-order valence-electron chi connectivity index (χ2n) is 4.69. The zero-order chi connectivity index (χ0) is 12.3. The smallest absolute Gasteiger partial charge is 0.171 e. The number of hydrogen-bond donors (Lipinski definition) is 1. The number of pyridine rings is 1. The summed E-state index contributed by atoms with van der Waals surface area (Å²) in [7, 11) is 1.72. The Morgan fingerprint density at radius 1 is 1.35 bits per heavy atom. The fourth-order valence-corrected chi connectivity index (χ4v) is 2.03. The van der Waals surface area contributed by atoms with Crippen LogP contribution in [0, 0.1) is 0 Å². The Labute approximate surface area is 103 Å². The molecule has 4 heteroatoms. The summed E-state index contributed by atoms with van der Waals surface area (Å²) in [4.78, 5) is 6.84. The van der Waals surface area contributed by atoms with Crippen molar-refractivity contribution in [2.75, 3.05) is 38.2 Å². The van der Waals surface area contributed by atoms with Gasteiger partial charge in [0.1, 0.15) is 0 Å². The molecule has 0 radical (unpaired) electrons. The van der Waals surface area contributed by atoms with Crippen molar-refractivity contribution >= 4 is 5.82 Å². The number of nitrogens with one attached hydrogen (secondary N) is 1. The summed E-state index contributed by atoms with van der Waals surface area (Å²) in [6, 6.07) is 2.11. The number of rotatable bonds is 3. The summed E-state index contributed by atoms with van der Waals surface area (Å²) in [6.45, 7) is 8.34. The van der Waals surface area contributed by atoms with Gasteiger partial charge in [0.25, 0.3) is 0 Å². The van der Waals surface area contributed by atoms with E-state index in [2.05, 4.69) is 35.1 Å². The molecule has 1 saturated heterocycles. The maximum absolute atomic E-state index is 5.46. The van der Waals surface area contributed by atoms with E-state index < -0.39 is 0 Å². The van der Waals surface area contributed by atoms with Gasteiger partial charge in [-0.2, -0.15) is 0 Å². The van der Waals surface area contributed by atoms with Crippen LogP contribution in [0.4, 0.5) is 5.82 Å². The minimum absolute atomic E-state index is 0.480. The van der Waals surface area contributed by atoms with Crippen LogP contribution in [0.3, 0.4) is 0 Å². The normalized spacial score (nSPS) is 16.4. The van der Waals surface area contributed by atoms with Gasteiger partial charge < -0.3 is 15.0 Å². The highest BCUT2D eigenvalue weighted by Crippen LogP contribution is 2.29. The van der Waals surface area contributed by atoms with Crippen LogP contribution in [-0.2, 0) is 0 Å². The van der Waals surface area contributed by atoms with Crippen LogP contribution in [0.25, 0.3) is 0 Å². The molecule has 0 aliphatic carbocycles. The van der Waals surface area contributed by atoms with Crippen molar-refractivity contribution < 1.29 is 4.74 Å². The Morgan fingerprint density at radius 3 is 2.65 bits per heavy atom. The molecule has 4 nitrogen and oxygen atoms in total. The molecule has 1 fully saturated rings. The first-order valence-electron chi connectivity index (χ1n) is 6.22. The van der Waals surface area contributed by atoms with Crippen LogP contribution < -0.4 is 15.0 Å². The largest absolute Gasteiger partial charge is 0.493 e. The van der Waals surface area contributed by atoms with Gasteiger partial charge in [-0.25, -0.2) is 4.98 Å². The number of nitrogens with zero attached hydrogens (tertiary/aromatic N) is 2. The zero-order valence-corrected chi connectivity index (χ0v) is 10.9. The predicted octanol–water partition coefficient (Wildman–Crippen LogP) is 1.62. The van der Waals surface area contributed by atoms with Crippen LogP contribution in [0.1, 0.15) is 25.3 Å². The molecule has 17 heavy (non-hydrogen) atoms. The van der Waals surface area contributed by atoms with E-state index in [-0.39, 0.29) is 0 Å². The average Bonchev–Trinajstić information content (AvgIpc) is 2.39. The summed E-state index contributed by atoms with van der Waals surface area (Å²) in [5.74, 6) is 2.34. The molecule has 0 saturated carbocycles. The Kier molecular flexibility index (Phi) is 3.84. The summed E-state index contributed by atoms with van der Waals surface area (Å²) in [5.41, 5.74) is 1.22. The van der Waals surface area contributed by atoms with Crippen LogP contribution in [-0.4, -0.2) is 38.3 Å². The Balaban J connectivity index is 2.26. The van der Waals surface area contributed by atoms with Gasteiger partial charge in [-0.15, -0.1) is 0 Å². The predicted molar refractivity (Wildman–Crippen MR) is 70.0 cm³/mol. The van der Waals surface area contributed by atoms with Gasteiger partial charge in [0.05, 0.1) is 7.11 Å². The van der Waals surface area contributed by atoms with Crippen LogP contribution in [0.5, 0.6) is 5.75 Å². The van der Waals surface area contributed by atoms with Crippen LogP contribution >= 0.6 is 0 Å². The van der Waals surface area contributed by atoms with E-state index in [1.54, 1.807) is 7.11 Å². The lowest BCUT2D eigenvalue weighted by molar-refractivity contribution is 0.410. The fourth-order valence-electron chi connectivity index (χ4n) is 2.03. The number of anilines is 1. The van der Waals surface area contributed by atoms with Crippen molar-refractivity contribution in [3.8, 4) is 5.75 Å². The molecule has 1 aromatic rings. The van der Waals surface area contributed by atoms with E-state index in [0.717, 1.165) is 37.7 Å². The van der Waals surface area contributed by atoms with E-state index in [1.807, 2.05) is 6.20 Å². The molecule has 1 aliphatic heterocycles. The molecule has 0 spiro atoms. The van der Waals surface area contributed by atoms with Gasteiger partial charge in [-0.3, -0.25) is 0 Å². The number of ether oxygens (including phenoxy) is 1. The van der Waals surface area contributed by atoms with Crippen molar-refractivity contribution in [3.05, 3.63) is 17.8 Å². The molecular weight excluding hydrogens is 214 g/mol. The molecule has 0 atom stereocenters. The number of hydrogen-bond acceptors (Lipinski definition) is 4. The van der Waals surface area contributed by atoms with Crippen molar-refractivity contribution in [2.24, 2.45) is 0 Å². The van der Waals surface area contributed by atoms with E-state index >= 15 is 0 Å². The molecule has 2 heterocycles. The average molecular weight is 235 g/mol. The molecular formula is C13H21N3O. The van der Waals surface area contributed by atoms with Crippen molar-refractivity contribution in [2.45, 2.75) is 19.8 Å². The zero-order valence-electron chi connectivity index (χ0n) is 10.9. The minimum atomic E-state index is 0.480. The van der Waals surface area contributed by atoms with Gasteiger partial charge in [0, 0.05) is 32.4 Å². The molecule has 0 aromatic carbocycles. The summed E-state index contributed by atoms with van der Waals surface area (Å²) < 4.78 is 5.46. The third kappa shape index (κ3) is 2.69. The highest BCUT2D eigenvalue weighted by molar-refractivity contribution is 5.54. The third-order valence-corrected chi connectivity index (χ3v) is 3.16. The van der Waals surface area contributed by atoms with Crippen molar-refractivity contribution in [1.82, 2.24) is 10.3 Å². The fraction of sp³-hybridized carbons (Fsp3) is 0.615. The Morgan fingerprint density at radius 2 is 2.06 bits per heavy atom. The molecule has 1 aliphatic rings. The lowest BCUT2D eigenvalue weighted by Gasteiger charge is -2.29. The topological polar surface area (TPSA) is 37.4 Å². The number of methoxy groups -OCH3 is 1. The van der Waals surface area contributed by atoms with E-state index in [9.17, 15) is 0 Å². The van der Waals surface area contributed by atoms with Gasteiger partial charge in [-0.1, -0.05) is 13.8 Å². The third-order valence-electron chi connectivity index (χ3n) is 3.16. The minimum Gasteiger partial charge on any atom is -0.493 e. The Bertz CT molecular complexity index is 373. The molecule has 0 amide bonds. The van der Waals surface area contributed by atoms with Gasteiger partial charge in [-0.05, 0) is 17.5 Å². The van der Waals surface area contributed by atoms with E-state index in [0.29, 0.717) is 5.92 Å². The summed E-state index contributed by atoms with van der Waals surface area (Å²) in [5, 5.41) is 3.34. The van der Waals surface area contributed by atoms with Gasteiger partial charge >= 0.3 is 0 Å². The first-order chi connectivity index (χ1) is 8.22. The maximum atomic E-state index is 5.46. The van der Waals surface area contributed by atoms with Crippen LogP contribution in [0.2, 0.25) is 0 Å². The standard InChI is InChI=1S/C13H21N3O/c1-10(2)11-8-12(17-3)13(15-9-11)16-6-4-14-5-7-16/h8-10,14H,4-7H2,1-3H3. The number of piperazine rings is 1. The molecule has 0 bridgehead atoms. The molecule has 2 rings (SSSR count). The van der Waals surface area contributed by atoms with Crippen molar-refractivity contribution in [3.63, 3.8) is 0 Å². The molecule has 1 N–H and O–H groups in total. The van der Waals surface area contributed by atoms with Gasteiger partial charge in [0.15, 0.2) is 11.6 Å². The lowest BCUT2D eigenvalue weighted by Crippen LogP contribution is -2.44. The number of aromatic nitrogens is 1.